The molecule has 1 amide bonds. The molecule has 0 aromatic heterocycles. The van der Waals surface area contributed by atoms with Crippen molar-refractivity contribution in [3.63, 3.8) is 0 Å². The monoisotopic (exact) mass is 394 g/mol. The van der Waals surface area contributed by atoms with Crippen molar-refractivity contribution in [2.75, 3.05) is 13.1 Å². The molecule has 26 heavy (non-hydrogen) atoms. The van der Waals surface area contributed by atoms with Gasteiger partial charge >= 0.3 is 0 Å². The smallest absolute Gasteiger partial charge is 0.240 e. The number of carbonyl (C=O) groups is 1. The molecule has 0 spiro atoms. The Morgan fingerprint density at radius 1 is 1.23 bits per heavy atom. The molecule has 140 valence electrons. The van der Waals surface area contributed by atoms with Crippen LogP contribution in [0.1, 0.15) is 24.2 Å². The molecule has 0 bridgehead atoms. The first-order valence-corrected chi connectivity index (χ1v) is 9.44. The van der Waals surface area contributed by atoms with Gasteiger partial charge in [-0.2, -0.15) is 0 Å². The number of benzene rings is 2. The highest BCUT2D eigenvalue weighted by Gasteiger charge is 2.36. The molecule has 3 atom stereocenters. The highest BCUT2D eigenvalue weighted by atomic mass is 35.5. The Kier molecular flexibility index (Phi) is 7.50. The second-order valence-electron chi connectivity index (χ2n) is 6.54. The highest BCUT2D eigenvalue weighted by Crippen LogP contribution is 2.38. The van der Waals surface area contributed by atoms with Gasteiger partial charge in [-0.3, -0.25) is 4.79 Å². The number of nitrogens with zero attached hydrogens (tertiary/aromatic N) is 1. The third kappa shape index (κ3) is 4.78. The Balaban J connectivity index is 0.00000243. The van der Waals surface area contributed by atoms with Crippen LogP contribution >= 0.6 is 24.2 Å². The largest absolute Gasteiger partial charge is 0.338 e. The fraction of sp³-hybridized carbons (Fsp3) is 0.350. The van der Waals surface area contributed by atoms with Crippen LogP contribution in [0.4, 0.5) is 4.39 Å². The lowest BCUT2D eigenvalue weighted by atomic mass is 10.1. The van der Waals surface area contributed by atoms with E-state index in [1.165, 1.54) is 23.9 Å². The zero-order valence-electron chi connectivity index (χ0n) is 14.7. The SMILES string of the molecule is CC1CC(CN)CN1C(=O)C(Sc1ccc(F)cc1)c1ccccc1.Cl. The predicted octanol–water partition coefficient (Wildman–Crippen LogP) is 4.28. The Hall–Kier alpha value is -1.56. The quantitative estimate of drug-likeness (QED) is 0.770. The molecular weight excluding hydrogens is 371 g/mol. The van der Waals surface area contributed by atoms with Crippen LogP contribution in [0.15, 0.2) is 59.5 Å². The van der Waals surface area contributed by atoms with Gasteiger partial charge in [0.05, 0.1) is 0 Å². The van der Waals surface area contributed by atoms with E-state index in [0.717, 1.165) is 16.9 Å². The number of carbonyl (C=O) groups excluding carboxylic acids is 1. The minimum absolute atomic E-state index is 0. The summed E-state index contributed by atoms with van der Waals surface area (Å²) in [6.07, 6.45) is 0.949. The van der Waals surface area contributed by atoms with E-state index >= 15 is 0 Å². The number of hydrogen-bond donors (Lipinski definition) is 1. The van der Waals surface area contributed by atoms with Crippen LogP contribution in [0.2, 0.25) is 0 Å². The lowest BCUT2D eigenvalue weighted by Gasteiger charge is -2.27. The van der Waals surface area contributed by atoms with Gasteiger partial charge in [0.1, 0.15) is 11.1 Å². The zero-order valence-corrected chi connectivity index (χ0v) is 16.3. The van der Waals surface area contributed by atoms with E-state index in [-0.39, 0.29) is 35.4 Å². The van der Waals surface area contributed by atoms with Crippen molar-refractivity contribution in [3.05, 3.63) is 66.0 Å². The molecule has 3 nitrogen and oxygen atoms in total. The Morgan fingerprint density at radius 3 is 2.46 bits per heavy atom. The maximum absolute atomic E-state index is 13.3. The van der Waals surface area contributed by atoms with Gasteiger partial charge in [-0.25, -0.2) is 4.39 Å². The first-order valence-electron chi connectivity index (χ1n) is 8.56. The summed E-state index contributed by atoms with van der Waals surface area (Å²) in [7, 11) is 0. The lowest BCUT2D eigenvalue weighted by molar-refractivity contribution is -0.131. The summed E-state index contributed by atoms with van der Waals surface area (Å²) in [6.45, 7) is 3.40. The predicted molar refractivity (Wildman–Crippen MR) is 107 cm³/mol. The summed E-state index contributed by atoms with van der Waals surface area (Å²) in [5, 5.41) is -0.342. The van der Waals surface area contributed by atoms with Crippen LogP contribution in [0.25, 0.3) is 0 Å². The van der Waals surface area contributed by atoms with Crippen LogP contribution in [0, 0.1) is 11.7 Å². The molecule has 1 saturated heterocycles. The zero-order chi connectivity index (χ0) is 17.8. The number of likely N-dealkylation sites (tertiary alicyclic amines) is 1. The Labute approximate surface area is 164 Å². The Bertz CT molecular complexity index is 714. The average Bonchev–Trinajstić information content (AvgIpc) is 3.02. The van der Waals surface area contributed by atoms with Crippen LogP contribution < -0.4 is 5.73 Å². The number of nitrogens with two attached hydrogens (primary N) is 1. The lowest BCUT2D eigenvalue weighted by Crippen LogP contribution is -2.37. The van der Waals surface area contributed by atoms with Gasteiger partial charge in [0.2, 0.25) is 5.91 Å². The van der Waals surface area contributed by atoms with Crippen molar-refractivity contribution in [1.29, 1.82) is 0 Å². The molecule has 0 saturated carbocycles. The standard InChI is InChI=1S/C20H23FN2OS.ClH/c1-14-11-15(12-22)13-23(14)20(24)19(16-5-3-2-4-6-16)25-18-9-7-17(21)8-10-18;/h2-10,14-15,19H,11-13,22H2,1H3;1H. The maximum atomic E-state index is 13.3. The van der Waals surface area contributed by atoms with Crippen molar-refractivity contribution < 1.29 is 9.18 Å². The summed E-state index contributed by atoms with van der Waals surface area (Å²) in [5.41, 5.74) is 6.77. The van der Waals surface area contributed by atoms with Crippen molar-refractivity contribution in [2.45, 2.75) is 29.5 Å². The molecule has 1 fully saturated rings. The molecule has 2 aromatic rings. The fourth-order valence-corrected chi connectivity index (χ4v) is 4.40. The van der Waals surface area contributed by atoms with E-state index in [1.54, 1.807) is 12.1 Å². The molecule has 0 radical (unpaired) electrons. The summed E-state index contributed by atoms with van der Waals surface area (Å²) in [4.78, 5) is 16.1. The number of amides is 1. The summed E-state index contributed by atoms with van der Waals surface area (Å²) >= 11 is 1.47. The van der Waals surface area contributed by atoms with Crippen LogP contribution in [0.5, 0.6) is 0 Å². The highest BCUT2D eigenvalue weighted by molar-refractivity contribution is 8.00. The molecule has 0 aliphatic carbocycles. The number of rotatable bonds is 5. The van der Waals surface area contributed by atoms with Gasteiger partial charge in [-0.05, 0) is 55.6 Å². The van der Waals surface area contributed by atoms with Crippen molar-refractivity contribution in [1.82, 2.24) is 4.90 Å². The third-order valence-electron chi connectivity index (χ3n) is 4.67. The minimum Gasteiger partial charge on any atom is -0.338 e. The summed E-state index contributed by atoms with van der Waals surface area (Å²) < 4.78 is 13.2. The molecule has 3 unspecified atom stereocenters. The topological polar surface area (TPSA) is 46.3 Å². The van der Waals surface area contributed by atoms with E-state index in [9.17, 15) is 9.18 Å². The first kappa shape index (κ1) is 20.7. The molecule has 2 N–H and O–H groups in total. The fourth-order valence-electron chi connectivity index (χ4n) is 3.31. The number of hydrogen-bond acceptors (Lipinski definition) is 3. The van der Waals surface area contributed by atoms with E-state index in [0.29, 0.717) is 19.0 Å². The van der Waals surface area contributed by atoms with Crippen molar-refractivity contribution in [3.8, 4) is 0 Å². The molecule has 6 heteroatoms. The van der Waals surface area contributed by atoms with Crippen LogP contribution in [0.3, 0.4) is 0 Å². The molecule has 1 aliphatic heterocycles. The molecule has 2 aromatic carbocycles. The average molecular weight is 395 g/mol. The van der Waals surface area contributed by atoms with Crippen LogP contribution in [-0.2, 0) is 4.79 Å². The number of thioether (sulfide) groups is 1. The van der Waals surface area contributed by atoms with E-state index in [2.05, 4.69) is 6.92 Å². The van der Waals surface area contributed by atoms with E-state index in [1.807, 2.05) is 35.2 Å². The van der Waals surface area contributed by atoms with Crippen molar-refractivity contribution >= 4 is 30.1 Å². The van der Waals surface area contributed by atoms with E-state index < -0.39 is 0 Å². The first-order chi connectivity index (χ1) is 12.1. The molecule has 1 aliphatic rings. The van der Waals surface area contributed by atoms with Gasteiger partial charge in [0.15, 0.2) is 0 Å². The molecule has 3 rings (SSSR count). The normalized spacial score (nSPS) is 20.5. The van der Waals surface area contributed by atoms with Gasteiger partial charge < -0.3 is 10.6 Å². The van der Waals surface area contributed by atoms with Gasteiger partial charge in [-0.1, -0.05) is 30.3 Å². The van der Waals surface area contributed by atoms with Gasteiger partial charge in [0.25, 0.3) is 0 Å². The van der Waals surface area contributed by atoms with Gasteiger partial charge in [-0.15, -0.1) is 24.2 Å². The number of halogens is 2. The van der Waals surface area contributed by atoms with Crippen molar-refractivity contribution in [2.24, 2.45) is 11.7 Å². The molecule has 1 heterocycles. The van der Waals surface area contributed by atoms with Gasteiger partial charge in [0, 0.05) is 17.5 Å². The van der Waals surface area contributed by atoms with E-state index in [4.69, 9.17) is 5.73 Å². The second kappa shape index (κ2) is 9.40. The second-order valence-corrected chi connectivity index (χ2v) is 7.72. The maximum Gasteiger partial charge on any atom is 0.240 e. The summed E-state index contributed by atoms with van der Waals surface area (Å²) in [5.74, 6) is 0.195. The summed E-state index contributed by atoms with van der Waals surface area (Å²) in [6, 6.07) is 16.3. The third-order valence-corrected chi connectivity index (χ3v) is 5.93. The van der Waals surface area contributed by atoms with Crippen LogP contribution in [-0.4, -0.2) is 29.9 Å². The Morgan fingerprint density at radius 2 is 1.88 bits per heavy atom. The molecular formula is C20H24ClFN2OS. The minimum atomic E-state index is -0.342.